The highest BCUT2D eigenvalue weighted by atomic mass is 16.5. The van der Waals surface area contributed by atoms with E-state index in [1.54, 1.807) is 56.6 Å². The molecule has 3 atom stereocenters. The Balaban J connectivity index is 1.25. The van der Waals surface area contributed by atoms with Gasteiger partial charge < -0.3 is 39.6 Å². The number of esters is 1. The fourth-order valence-corrected chi connectivity index (χ4v) is 9.96. The van der Waals surface area contributed by atoms with E-state index < -0.39 is 47.2 Å². The number of hydrogen-bond donors (Lipinski definition) is 4. The molecule has 1 aromatic heterocycles. The smallest absolute Gasteiger partial charge is 0.324 e. The largest absolute Gasteiger partial charge is 0.508 e. The van der Waals surface area contributed by atoms with Gasteiger partial charge in [0.25, 0.3) is 11.8 Å². The summed E-state index contributed by atoms with van der Waals surface area (Å²) in [7, 11) is 7.07. The van der Waals surface area contributed by atoms with Gasteiger partial charge in [-0.3, -0.25) is 29.0 Å². The lowest BCUT2D eigenvalue weighted by molar-refractivity contribution is -0.155. The maximum Gasteiger partial charge on any atom is 0.324 e. The fraction of sp³-hybridized carbons (Fsp3) is 0.421. The Morgan fingerprint density at radius 3 is 2.44 bits per heavy atom. The van der Waals surface area contributed by atoms with E-state index in [0.717, 1.165) is 50.8 Å². The molecule has 4 amide bonds. The molecule has 4 N–H and O–H groups in total. The van der Waals surface area contributed by atoms with Gasteiger partial charge in [-0.15, -0.1) is 0 Å². The number of likely N-dealkylation sites (N-methyl/N-ethyl adjacent to an activating group) is 2. The number of hydrazine groups is 1. The monoisotopic (exact) mass is 982 g/mol. The van der Waals surface area contributed by atoms with Crippen molar-refractivity contribution in [3.8, 4) is 28.1 Å². The third-order valence-electron chi connectivity index (χ3n) is 13.5. The van der Waals surface area contributed by atoms with Gasteiger partial charge in [-0.05, 0) is 129 Å². The minimum absolute atomic E-state index is 0.00885. The molecule has 0 spiro atoms. The van der Waals surface area contributed by atoms with E-state index in [4.69, 9.17) is 9.47 Å². The zero-order valence-electron chi connectivity index (χ0n) is 43.2. The molecule has 7 rings (SSSR count). The molecule has 1 fully saturated rings. The van der Waals surface area contributed by atoms with Gasteiger partial charge in [-0.25, -0.2) is 5.43 Å². The quantitative estimate of drug-likeness (QED) is 0.0649. The number of phenolic OH excluding ortho intramolecular Hbond substituents is 1. The molecule has 4 aromatic carbocycles. The number of benzene rings is 4. The number of nitrogens with zero attached hydrogens (tertiary/aromatic N) is 4. The maximum absolute atomic E-state index is 14.8. The number of hydrogen-bond acceptors (Lipinski definition) is 10. The van der Waals surface area contributed by atoms with Crippen molar-refractivity contribution in [2.45, 2.75) is 91.4 Å². The number of aromatic nitrogens is 1. The number of anilines is 1. The first-order valence-electron chi connectivity index (χ1n) is 25.0. The molecule has 2 aliphatic heterocycles. The lowest BCUT2D eigenvalue weighted by atomic mass is 9.83. The lowest BCUT2D eigenvalue weighted by Crippen LogP contribution is -2.62. The summed E-state index contributed by atoms with van der Waals surface area (Å²) < 4.78 is 14.0. The van der Waals surface area contributed by atoms with E-state index in [9.17, 15) is 29.1 Å². The van der Waals surface area contributed by atoms with E-state index >= 15 is 0 Å². The number of cyclic esters (lactones) is 1. The number of phenols is 1. The molecule has 1 unspecified atom stereocenters. The van der Waals surface area contributed by atoms with Gasteiger partial charge in [0, 0.05) is 79.4 Å². The summed E-state index contributed by atoms with van der Waals surface area (Å²) in [6.07, 6.45) is 5.43. The van der Waals surface area contributed by atoms with Crippen molar-refractivity contribution in [3.63, 3.8) is 0 Å². The third kappa shape index (κ3) is 12.4. The number of rotatable bonds is 14. The number of ether oxygens (including phenoxy) is 2. The van der Waals surface area contributed by atoms with Crippen molar-refractivity contribution >= 4 is 46.2 Å². The number of carbonyl (C=O) groups excluding carboxylic acids is 5. The lowest BCUT2D eigenvalue weighted by Gasteiger charge is -2.36. The summed E-state index contributed by atoms with van der Waals surface area (Å²) in [4.78, 5) is 73.2. The number of aromatic hydroxyl groups is 1. The Bertz CT molecular complexity index is 2810. The zero-order chi connectivity index (χ0) is 51.9. The van der Waals surface area contributed by atoms with Crippen LogP contribution in [0.2, 0.25) is 0 Å². The molecule has 15 nitrogen and oxygen atoms in total. The maximum atomic E-state index is 14.8. The van der Waals surface area contributed by atoms with Crippen molar-refractivity contribution in [2.24, 2.45) is 11.3 Å². The second-order valence-corrected chi connectivity index (χ2v) is 20.5. The molecular formula is C57H71N7O8. The van der Waals surface area contributed by atoms with Crippen LogP contribution >= 0.6 is 0 Å². The minimum Gasteiger partial charge on any atom is -0.508 e. The van der Waals surface area contributed by atoms with Crippen LogP contribution < -0.4 is 16.1 Å². The van der Waals surface area contributed by atoms with Crippen LogP contribution in [0, 0.1) is 11.3 Å². The molecule has 1 saturated heterocycles. The summed E-state index contributed by atoms with van der Waals surface area (Å²) in [5.41, 5.74) is 11.1. The molecule has 3 heterocycles. The molecule has 0 saturated carbocycles. The topological polar surface area (TPSA) is 175 Å². The zero-order valence-corrected chi connectivity index (χ0v) is 43.2. The highest BCUT2D eigenvalue weighted by Crippen LogP contribution is 2.41. The number of nitrogens with one attached hydrogen (secondary N) is 3. The Morgan fingerprint density at radius 1 is 0.986 bits per heavy atom. The minimum atomic E-state index is -1.18. The van der Waals surface area contributed by atoms with E-state index in [1.807, 2.05) is 45.0 Å². The predicted octanol–water partition coefficient (Wildman–Crippen LogP) is 7.39. The third-order valence-corrected chi connectivity index (χ3v) is 13.5. The van der Waals surface area contributed by atoms with E-state index in [-0.39, 0.29) is 37.1 Å². The highest BCUT2D eigenvalue weighted by Gasteiger charge is 2.38. The van der Waals surface area contributed by atoms with Gasteiger partial charge in [0.2, 0.25) is 11.8 Å². The summed E-state index contributed by atoms with van der Waals surface area (Å²) in [6.45, 7) is 12.2. The number of carbonyl (C=O) groups is 5. The summed E-state index contributed by atoms with van der Waals surface area (Å²) in [5, 5.41) is 19.6. The van der Waals surface area contributed by atoms with Gasteiger partial charge in [0.05, 0.1) is 18.9 Å². The van der Waals surface area contributed by atoms with E-state index in [1.165, 1.54) is 16.0 Å². The van der Waals surface area contributed by atoms with Crippen LogP contribution in [0.3, 0.4) is 0 Å². The Kier molecular flexibility index (Phi) is 17.1. The SMILES string of the molecule is CCn1c(-c2ccccc2CCOC)c2c3cc(ccc31)-c1cc(O)cc(c1)C[C@H](NC(=O)C(C(C)C)N(C)C(=O)c1ccc(NC(=O)/C=C/CN(C)C)cc1)C(=O)N1CCC[C@H](N1)C(=O)OCC(C)(C)C2. The van der Waals surface area contributed by atoms with Gasteiger partial charge in [-0.1, -0.05) is 70.2 Å². The average Bonchev–Trinajstić information content (AvgIpc) is 3.65. The summed E-state index contributed by atoms with van der Waals surface area (Å²) in [6, 6.07) is 23.4. The number of fused-ring (bicyclic) bond motifs is 6. The molecule has 6 bridgehead atoms. The van der Waals surface area contributed by atoms with Crippen molar-refractivity contribution < 1.29 is 38.6 Å². The van der Waals surface area contributed by atoms with Crippen LogP contribution in [-0.2, 0) is 54.5 Å². The molecular weight excluding hydrogens is 911 g/mol. The molecule has 2 aliphatic rings. The van der Waals surface area contributed by atoms with Gasteiger partial charge in [0.15, 0.2) is 0 Å². The number of amides is 4. The van der Waals surface area contributed by atoms with Crippen molar-refractivity contribution in [2.75, 3.05) is 59.9 Å². The number of aryl methyl sites for hydroxylation is 1. The van der Waals surface area contributed by atoms with E-state index in [2.05, 4.69) is 77.8 Å². The average molecular weight is 982 g/mol. The number of methoxy groups -OCH3 is 1. The van der Waals surface area contributed by atoms with Crippen molar-refractivity contribution in [3.05, 3.63) is 119 Å². The first-order valence-corrected chi connectivity index (χ1v) is 25.0. The van der Waals surface area contributed by atoms with Crippen LogP contribution in [-0.4, -0.2) is 127 Å². The van der Waals surface area contributed by atoms with Gasteiger partial charge in [-0.2, -0.15) is 0 Å². The van der Waals surface area contributed by atoms with Gasteiger partial charge >= 0.3 is 5.97 Å². The standard InChI is InChI=1S/C57H71N7O8/c1-10-63-49-24-21-40-33-45(49)46(52(63)44-16-12-11-15-38(44)25-28-71-9)34-57(4,5)35-72-56(70)47-17-13-27-64(60-47)55(69)48(31-37-29-41(40)32-43(65)30-37)59-53(67)51(36(2)3)62(8)54(68)39-19-22-42(23-20-39)58-50(66)18-14-26-61(6)7/h11-12,14-16,18-24,29-30,32-33,36,47-48,51,60,65H,10,13,17,25-28,31,34-35H2,1-9H3,(H,58,66)(H,59,67)/b18-14+/t47-,48-,51?/m0/s1. The highest BCUT2D eigenvalue weighted by molar-refractivity contribution is 6.01. The Morgan fingerprint density at radius 2 is 1.74 bits per heavy atom. The second-order valence-electron chi connectivity index (χ2n) is 20.5. The normalized spacial score (nSPS) is 17.7. The predicted molar refractivity (Wildman–Crippen MR) is 281 cm³/mol. The molecule has 0 aliphatic carbocycles. The fourth-order valence-electron chi connectivity index (χ4n) is 9.96. The Labute approximate surface area is 423 Å². The summed E-state index contributed by atoms with van der Waals surface area (Å²) in [5.74, 6) is -2.64. The molecule has 5 aromatic rings. The van der Waals surface area contributed by atoms with Crippen molar-refractivity contribution in [1.29, 1.82) is 0 Å². The molecule has 15 heteroatoms. The molecule has 382 valence electrons. The molecule has 72 heavy (non-hydrogen) atoms. The first-order chi connectivity index (χ1) is 34.4. The van der Waals surface area contributed by atoms with Crippen LogP contribution in [0.4, 0.5) is 5.69 Å². The van der Waals surface area contributed by atoms with Crippen LogP contribution in [0.5, 0.6) is 5.75 Å². The Hall–Kier alpha value is -6.81. The van der Waals surface area contributed by atoms with E-state index in [0.29, 0.717) is 55.8 Å². The van der Waals surface area contributed by atoms with Gasteiger partial charge in [0.1, 0.15) is 23.9 Å². The second kappa shape index (κ2) is 23.2. The van der Waals surface area contributed by atoms with Crippen molar-refractivity contribution in [1.82, 2.24) is 30.1 Å². The van der Waals surface area contributed by atoms with Crippen LogP contribution in [0.25, 0.3) is 33.3 Å². The van der Waals surface area contributed by atoms with Crippen LogP contribution in [0.15, 0.2) is 97.1 Å². The molecule has 0 radical (unpaired) electrons. The van der Waals surface area contributed by atoms with Crippen LogP contribution in [0.1, 0.15) is 74.5 Å². The summed E-state index contributed by atoms with van der Waals surface area (Å²) >= 11 is 0. The first kappa shape index (κ1) is 53.0.